The summed E-state index contributed by atoms with van der Waals surface area (Å²) < 4.78 is 9.42. The van der Waals surface area contributed by atoms with Crippen molar-refractivity contribution in [1.82, 2.24) is 14.9 Å². The van der Waals surface area contributed by atoms with Crippen LogP contribution in [0.1, 0.15) is 16.7 Å². The lowest BCUT2D eigenvalue weighted by Crippen LogP contribution is -2.13. The van der Waals surface area contributed by atoms with Gasteiger partial charge in [0.25, 0.3) is 5.95 Å². The van der Waals surface area contributed by atoms with Crippen LogP contribution in [-0.2, 0) is 12.4 Å². The number of hydrogen-bond acceptors (Lipinski definition) is 7. The summed E-state index contributed by atoms with van der Waals surface area (Å²) in [5, 5.41) is 13.1. The number of benzene rings is 3. The van der Waals surface area contributed by atoms with E-state index in [1.54, 1.807) is 6.21 Å². The van der Waals surface area contributed by atoms with Crippen LogP contribution >= 0.6 is 43.6 Å². The largest absolute Gasteiger partial charge is 0.488 e. The molecule has 0 bridgehead atoms. The van der Waals surface area contributed by atoms with Crippen LogP contribution < -0.4 is 16.0 Å². The van der Waals surface area contributed by atoms with E-state index in [4.69, 9.17) is 10.6 Å². The Morgan fingerprint density at radius 2 is 1.70 bits per heavy atom. The third-order valence-electron chi connectivity index (χ3n) is 4.49. The molecule has 0 aliphatic rings. The van der Waals surface area contributed by atoms with E-state index in [9.17, 15) is 0 Å². The highest BCUT2D eigenvalue weighted by molar-refractivity contribution is 9.10. The van der Waals surface area contributed by atoms with Gasteiger partial charge in [0.05, 0.1) is 6.21 Å². The van der Waals surface area contributed by atoms with Crippen molar-refractivity contribution in [2.75, 3.05) is 11.3 Å². The van der Waals surface area contributed by atoms with E-state index in [1.165, 1.54) is 16.4 Å². The van der Waals surface area contributed by atoms with Crippen molar-refractivity contribution in [2.24, 2.45) is 5.10 Å². The monoisotopic (exact) mass is 586 g/mol. The lowest BCUT2D eigenvalue weighted by atomic mass is 10.2. The SMILES string of the molecule is Nn1c(N/N=C/c2ccccc2OCc2cccc(Br)c2)nnc1SCc1cccc(Br)c1. The van der Waals surface area contributed by atoms with Crippen LogP contribution in [0, 0.1) is 0 Å². The van der Waals surface area contributed by atoms with Crippen LogP contribution in [0.3, 0.4) is 0 Å². The Labute approximate surface area is 212 Å². The number of aromatic nitrogens is 3. The number of anilines is 1. The minimum Gasteiger partial charge on any atom is -0.488 e. The van der Waals surface area contributed by atoms with Crippen molar-refractivity contribution in [1.29, 1.82) is 0 Å². The molecule has 0 atom stereocenters. The first-order chi connectivity index (χ1) is 16.1. The Morgan fingerprint density at radius 1 is 0.970 bits per heavy atom. The number of para-hydroxylation sites is 1. The highest BCUT2D eigenvalue weighted by atomic mass is 79.9. The predicted molar refractivity (Wildman–Crippen MR) is 140 cm³/mol. The molecule has 10 heteroatoms. The summed E-state index contributed by atoms with van der Waals surface area (Å²) in [6.07, 6.45) is 1.67. The fourth-order valence-electron chi connectivity index (χ4n) is 2.89. The van der Waals surface area contributed by atoms with E-state index in [1.807, 2.05) is 60.7 Å². The van der Waals surface area contributed by atoms with Crippen molar-refractivity contribution < 1.29 is 4.74 Å². The fourth-order valence-corrected chi connectivity index (χ4v) is 4.59. The van der Waals surface area contributed by atoms with E-state index in [-0.39, 0.29) is 0 Å². The van der Waals surface area contributed by atoms with E-state index >= 15 is 0 Å². The normalized spacial score (nSPS) is 11.1. The van der Waals surface area contributed by atoms with Gasteiger partial charge in [0.2, 0.25) is 5.16 Å². The zero-order valence-corrected chi connectivity index (χ0v) is 21.3. The number of nitrogens with two attached hydrogens (primary N) is 1. The maximum Gasteiger partial charge on any atom is 0.264 e. The first kappa shape index (κ1) is 23.3. The van der Waals surface area contributed by atoms with Gasteiger partial charge in [-0.3, -0.25) is 0 Å². The van der Waals surface area contributed by atoms with Gasteiger partial charge >= 0.3 is 0 Å². The van der Waals surface area contributed by atoms with E-state index in [0.29, 0.717) is 17.7 Å². The minimum atomic E-state index is 0.343. The van der Waals surface area contributed by atoms with Crippen molar-refractivity contribution in [3.8, 4) is 5.75 Å². The molecule has 0 saturated carbocycles. The van der Waals surface area contributed by atoms with Crippen molar-refractivity contribution in [3.63, 3.8) is 0 Å². The maximum atomic E-state index is 6.13. The maximum absolute atomic E-state index is 6.13. The van der Waals surface area contributed by atoms with Gasteiger partial charge < -0.3 is 10.6 Å². The zero-order chi connectivity index (χ0) is 23.0. The van der Waals surface area contributed by atoms with Gasteiger partial charge in [-0.1, -0.05) is 80.0 Å². The number of nitrogen functional groups attached to an aromatic ring is 1. The highest BCUT2D eigenvalue weighted by Crippen LogP contribution is 2.23. The van der Waals surface area contributed by atoms with Crippen LogP contribution in [-0.4, -0.2) is 21.1 Å². The van der Waals surface area contributed by atoms with Crippen molar-refractivity contribution in [3.05, 3.63) is 98.4 Å². The van der Waals surface area contributed by atoms with Crippen LogP contribution in [0.25, 0.3) is 0 Å². The number of ether oxygens (including phenoxy) is 1. The lowest BCUT2D eigenvalue weighted by Gasteiger charge is -2.09. The Hall–Kier alpha value is -2.82. The Kier molecular flexibility index (Phi) is 8.03. The minimum absolute atomic E-state index is 0.343. The summed E-state index contributed by atoms with van der Waals surface area (Å²) >= 11 is 8.46. The second-order valence-corrected chi connectivity index (χ2v) is 9.70. The van der Waals surface area contributed by atoms with E-state index in [0.717, 1.165) is 37.1 Å². The molecule has 0 unspecified atom stereocenters. The second-order valence-electron chi connectivity index (χ2n) is 6.92. The fraction of sp³-hybridized carbons (Fsp3) is 0.0870. The van der Waals surface area contributed by atoms with Crippen LogP contribution in [0.4, 0.5) is 5.95 Å². The molecule has 4 aromatic rings. The Bertz CT molecular complexity index is 1260. The third kappa shape index (κ3) is 6.59. The summed E-state index contributed by atoms with van der Waals surface area (Å²) in [5.74, 6) is 7.92. The van der Waals surface area contributed by atoms with Gasteiger partial charge in [0.15, 0.2) is 0 Å². The predicted octanol–water partition coefficient (Wildman–Crippen LogP) is 5.83. The molecule has 1 aromatic heterocycles. The molecule has 7 nitrogen and oxygen atoms in total. The third-order valence-corrected chi connectivity index (χ3v) is 6.49. The first-order valence-corrected chi connectivity index (χ1v) is 12.5. The molecule has 4 rings (SSSR count). The summed E-state index contributed by atoms with van der Waals surface area (Å²) in [7, 11) is 0. The average molecular weight is 588 g/mol. The number of hydrogen-bond donors (Lipinski definition) is 2. The summed E-state index contributed by atoms with van der Waals surface area (Å²) in [6.45, 7) is 0.452. The Morgan fingerprint density at radius 3 is 2.48 bits per heavy atom. The number of halogens is 2. The standard InChI is InChI=1S/C23H20Br2N6OS/c24-19-8-3-5-16(11-19)14-32-21-10-2-1-7-18(21)13-27-28-22-29-30-23(31(22)26)33-15-17-6-4-9-20(25)12-17/h1-13H,14-15,26H2,(H,28,29)/b27-13+. The molecule has 0 radical (unpaired) electrons. The molecule has 0 fully saturated rings. The number of rotatable bonds is 9. The van der Waals surface area contributed by atoms with Gasteiger partial charge in [-0.25, -0.2) is 10.1 Å². The van der Waals surface area contributed by atoms with Gasteiger partial charge in [0.1, 0.15) is 12.4 Å². The molecule has 0 spiro atoms. The van der Waals surface area contributed by atoms with Crippen LogP contribution in [0.15, 0.2) is 92.0 Å². The van der Waals surface area contributed by atoms with Gasteiger partial charge in [-0.15, -0.1) is 10.2 Å². The van der Waals surface area contributed by atoms with Crippen LogP contribution in [0.5, 0.6) is 5.75 Å². The molecule has 3 N–H and O–H groups in total. The van der Waals surface area contributed by atoms with Crippen molar-refractivity contribution >= 4 is 55.8 Å². The van der Waals surface area contributed by atoms with Gasteiger partial charge in [-0.2, -0.15) is 5.10 Å². The quantitative estimate of drug-likeness (QED) is 0.111. The molecule has 0 amide bonds. The number of thioether (sulfide) groups is 1. The molecule has 0 saturated heterocycles. The molecule has 33 heavy (non-hydrogen) atoms. The average Bonchev–Trinajstić information content (AvgIpc) is 3.16. The molecule has 0 aliphatic heterocycles. The number of nitrogens with zero attached hydrogens (tertiary/aromatic N) is 4. The van der Waals surface area contributed by atoms with Crippen LogP contribution in [0.2, 0.25) is 0 Å². The van der Waals surface area contributed by atoms with E-state index in [2.05, 4.69) is 64.7 Å². The molecular weight excluding hydrogens is 568 g/mol. The molecular formula is C23H20Br2N6OS. The van der Waals surface area contributed by atoms with Gasteiger partial charge in [0, 0.05) is 20.3 Å². The van der Waals surface area contributed by atoms with Gasteiger partial charge in [-0.05, 0) is 47.5 Å². The molecule has 1 heterocycles. The van der Waals surface area contributed by atoms with E-state index < -0.39 is 0 Å². The molecule has 168 valence electrons. The smallest absolute Gasteiger partial charge is 0.264 e. The van der Waals surface area contributed by atoms with Crippen molar-refractivity contribution in [2.45, 2.75) is 17.5 Å². The topological polar surface area (TPSA) is 90.3 Å². The molecule has 0 aliphatic carbocycles. The summed E-state index contributed by atoms with van der Waals surface area (Å²) in [4.78, 5) is 0. The summed E-state index contributed by atoms with van der Waals surface area (Å²) in [5.41, 5.74) is 5.90. The lowest BCUT2D eigenvalue weighted by molar-refractivity contribution is 0.305. The second kappa shape index (κ2) is 11.4. The zero-order valence-electron chi connectivity index (χ0n) is 17.4. The first-order valence-electron chi connectivity index (χ1n) is 9.91. The molecule has 3 aromatic carbocycles. The highest BCUT2D eigenvalue weighted by Gasteiger charge is 2.10. The number of hydrazone groups is 1. The summed E-state index contributed by atoms with van der Waals surface area (Å²) in [6, 6.07) is 23.8. The number of nitrogens with one attached hydrogen (secondary N) is 1. The Balaban J connectivity index is 1.36.